The largest absolute Gasteiger partial charge is 0.619 e. The molecule has 1 rings (SSSR count). The molecule has 0 bridgehead atoms. The van der Waals surface area contributed by atoms with E-state index in [1.165, 1.54) is 6.20 Å². The lowest BCUT2D eigenvalue weighted by Gasteiger charge is -2.22. The molecule has 1 heterocycles. The minimum atomic E-state index is 0.855. The van der Waals surface area contributed by atoms with Crippen LogP contribution >= 0.6 is 0 Å². The van der Waals surface area contributed by atoms with Crippen molar-refractivity contribution in [3.63, 3.8) is 0 Å². The van der Waals surface area contributed by atoms with Gasteiger partial charge in [0.15, 0.2) is 6.20 Å². The zero-order valence-electron chi connectivity index (χ0n) is 8.94. The lowest BCUT2D eigenvalue weighted by molar-refractivity contribution is -0.604. The van der Waals surface area contributed by atoms with Crippen molar-refractivity contribution in [3.05, 3.63) is 29.7 Å². The fourth-order valence-corrected chi connectivity index (χ4v) is 1.54. The van der Waals surface area contributed by atoms with Crippen molar-refractivity contribution in [2.75, 3.05) is 18.0 Å². The predicted molar refractivity (Wildman–Crippen MR) is 58.2 cm³/mol. The average Bonchev–Trinajstić information content (AvgIpc) is 2.17. The summed E-state index contributed by atoms with van der Waals surface area (Å²) in [5.41, 5.74) is 1.02. The highest BCUT2D eigenvalue weighted by Gasteiger charge is 2.06. The molecule has 0 saturated heterocycles. The Kier molecular flexibility index (Phi) is 4.23. The molecule has 0 atom stereocenters. The first-order valence-electron chi connectivity index (χ1n) is 5.21. The summed E-state index contributed by atoms with van der Waals surface area (Å²) in [6.07, 6.45) is 5.35. The molecule has 0 aliphatic heterocycles. The van der Waals surface area contributed by atoms with E-state index in [9.17, 15) is 5.21 Å². The lowest BCUT2D eigenvalue weighted by Crippen LogP contribution is -2.30. The van der Waals surface area contributed by atoms with Crippen LogP contribution in [0.1, 0.15) is 26.7 Å². The molecule has 14 heavy (non-hydrogen) atoms. The Morgan fingerprint density at radius 2 is 1.93 bits per heavy atom. The van der Waals surface area contributed by atoms with E-state index in [4.69, 9.17) is 0 Å². The summed E-state index contributed by atoms with van der Waals surface area (Å²) in [5.74, 6) is 0. The fourth-order valence-electron chi connectivity index (χ4n) is 1.54. The topological polar surface area (TPSA) is 30.2 Å². The van der Waals surface area contributed by atoms with Gasteiger partial charge in [-0.15, -0.1) is 0 Å². The Morgan fingerprint density at radius 3 is 2.43 bits per heavy atom. The summed E-state index contributed by atoms with van der Waals surface area (Å²) in [6.45, 7) is 6.32. The molecule has 3 heteroatoms. The van der Waals surface area contributed by atoms with Crippen LogP contribution in [0.3, 0.4) is 0 Å². The van der Waals surface area contributed by atoms with Crippen LogP contribution < -0.4 is 9.63 Å². The summed E-state index contributed by atoms with van der Waals surface area (Å²) in [7, 11) is 0. The van der Waals surface area contributed by atoms with Gasteiger partial charge in [0, 0.05) is 19.2 Å². The SMILES string of the molecule is CCCN(CCC)c1ccc[n+]([O-])c1. The second kappa shape index (κ2) is 5.47. The van der Waals surface area contributed by atoms with Gasteiger partial charge >= 0.3 is 0 Å². The fraction of sp³-hybridized carbons (Fsp3) is 0.545. The first-order chi connectivity index (χ1) is 6.77. The normalized spacial score (nSPS) is 10.1. The van der Waals surface area contributed by atoms with E-state index in [0.29, 0.717) is 0 Å². The highest BCUT2D eigenvalue weighted by molar-refractivity contribution is 5.41. The van der Waals surface area contributed by atoms with Crippen molar-refractivity contribution in [3.8, 4) is 0 Å². The van der Waals surface area contributed by atoms with Gasteiger partial charge in [-0.1, -0.05) is 13.8 Å². The molecule has 0 radical (unpaired) electrons. The van der Waals surface area contributed by atoms with Gasteiger partial charge in [0.2, 0.25) is 6.20 Å². The quantitative estimate of drug-likeness (QED) is 0.529. The summed E-state index contributed by atoms with van der Waals surface area (Å²) in [4.78, 5) is 2.24. The van der Waals surface area contributed by atoms with Crippen molar-refractivity contribution >= 4 is 5.69 Å². The molecule has 0 unspecified atom stereocenters. The van der Waals surface area contributed by atoms with E-state index in [1.54, 1.807) is 12.3 Å². The molecule has 0 fully saturated rings. The van der Waals surface area contributed by atoms with Gasteiger partial charge in [0.25, 0.3) is 0 Å². The average molecular weight is 194 g/mol. The molecule has 0 spiro atoms. The van der Waals surface area contributed by atoms with Crippen molar-refractivity contribution < 1.29 is 4.73 Å². The van der Waals surface area contributed by atoms with Crippen LogP contribution in [0.5, 0.6) is 0 Å². The van der Waals surface area contributed by atoms with Gasteiger partial charge < -0.3 is 10.1 Å². The number of hydrogen-bond acceptors (Lipinski definition) is 2. The van der Waals surface area contributed by atoms with Crippen LogP contribution in [0.2, 0.25) is 0 Å². The Balaban J connectivity index is 2.75. The van der Waals surface area contributed by atoms with Gasteiger partial charge in [0.1, 0.15) is 5.69 Å². The minimum absolute atomic E-state index is 0.855. The van der Waals surface area contributed by atoms with Crippen LogP contribution in [0.25, 0.3) is 0 Å². The molecular formula is C11H18N2O. The number of anilines is 1. The maximum Gasteiger partial charge on any atom is 0.203 e. The third kappa shape index (κ3) is 2.91. The molecule has 3 nitrogen and oxygen atoms in total. The number of rotatable bonds is 5. The molecule has 0 saturated carbocycles. The third-order valence-electron chi connectivity index (χ3n) is 2.11. The highest BCUT2D eigenvalue weighted by Crippen LogP contribution is 2.11. The van der Waals surface area contributed by atoms with E-state index in [1.807, 2.05) is 6.07 Å². The maximum atomic E-state index is 11.1. The molecule has 0 N–H and O–H groups in total. The zero-order chi connectivity index (χ0) is 10.4. The third-order valence-corrected chi connectivity index (χ3v) is 2.11. The van der Waals surface area contributed by atoms with Gasteiger partial charge in [-0.25, -0.2) is 0 Å². The van der Waals surface area contributed by atoms with E-state index < -0.39 is 0 Å². The van der Waals surface area contributed by atoms with E-state index in [0.717, 1.165) is 36.3 Å². The monoisotopic (exact) mass is 194 g/mol. The van der Waals surface area contributed by atoms with Gasteiger partial charge in [-0.05, 0) is 18.9 Å². The molecule has 78 valence electrons. The Bertz CT molecular complexity index is 270. The van der Waals surface area contributed by atoms with Crippen LogP contribution in [0.15, 0.2) is 24.5 Å². The molecule has 1 aromatic rings. The smallest absolute Gasteiger partial charge is 0.203 e. The van der Waals surface area contributed by atoms with Crippen molar-refractivity contribution in [1.82, 2.24) is 0 Å². The van der Waals surface area contributed by atoms with Gasteiger partial charge in [-0.3, -0.25) is 0 Å². The number of hydrogen-bond donors (Lipinski definition) is 0. The molecule has 0 aliphatic rings. The Morgan fingerprint density at radius 1 is 1.29 bits per heavy atom. The molecule has 0 aliphatic carbocycles. The lowest BCUT2D eigenvalue weighted by atomic mass is 10.3. The number of nitrogens with zero attached hydrogens (tertiary/aromatic N) is 2. The van der Waals surface area contributed by atoms with Crippen LogP contribution in [-0.2, 0) is 0 Å². The summed E-state index contributed by atoms with van der Waals surface area (Å²) < 4.78 is 0.855. The molecule has 0 aromatic carbocycles. The summed E-state index contributed by atoms with van der Waals surface area (Å²) in [5, 5.41) is 11.1. The summed E-state index contributed by atoms with van der Waals surface area (Å²) >= 11 is 0. The van der Waals surface area contributed by atoms with Crippen LogP contribution in [0.4, 0.5) is 5.69 Å². The highest BCUT2D eigenvalue weighted by atomic mass is 16.5. The second-order valence-corrected chi connectivity index (χ2v) is 3.41. The van der Waals surface area contributed by atoms with E-state index in [-0.39, 0.29) is 0 Å². The van der Waals surface area contributed by atoms with E-state index >= 15 is 0 Å². The second-order valence-electron chi connectivity index (χ2n) is 3.41. The number of aromatic nitrogens is 1. The van der Waals surface area contributed by atoms with Crippen LogP contribution in [-0.4, -0.2) is 13.1 Å². The van der Waals surface area contributed by atoms with Gasteiger partial charge in [-0.2, -0.15) is 4.73 Å². The van der Waals surface area contributed by atoms with E-state index in [2.05, 4.69) is 18.7 Å². The molecule has 1 aromatic heterocycles. The van der Waals surface area contributed by atoms with Gasteiger partial charge in [0.05, 0.1) is 0 Å². The first kappa shape index (κ1) is 10.8. The zero-order valence-corrected chi connectivity index (χ0v) is 8.94. The summed E-state index contributed by atoms with van der Waals surface area (Å²) in [6, 6.07) is 3.78. The van der Waals surface area contributed by atoms with Crippen molar-refractivity contribution in [1.29, 1.82) is 0 Å². The predicted octanol–water partition coefficient (Wildman–Crippen LogP) is 1.95. The van der Waals surface area contributed by atoms with Crippen molar-refractivity contribution in [2.24, 2.45) is 0 Å². The standard InChI is InChI=1S/C11H18N2O/c1-3-7-12(8-4-2)11-6-5-9-13(14)10-11/h5-6,9-10H,3-4,7-8H2,1-2H3. The number of pyridine rings is 1. The molecule has 0 amide bonds. The molecular weight excluding hydrogens is 176 g/mol. The minimum Gasteiger partial charge on any atom is -0.619 e. The van der Waals surface area contributed by atoms with Crippen LogP contribution in [0, 0.1) is 5.21 Å². The Hall–Kier alpha value is -1.25. The Labute approximate surface area is 85.6 Å². The van der Waals surface area contributed by atoms with Crippen molar-refractivity contribution in [2.45, 2.75) is 26.7 Å². The maximum absolute atomic E-state index is 11.1. The first-order valence-corrected chi connectivity index (χ1v) is 5.21.